The molecular weight excluding hydrogens is 470 g/mol. The van der Waals surface area contributed by atoms with Crippen molar-refractivity contribution in [3.63, 3.8) is 0 Å². The van der Waals surface area contributed by atoms with Gasteiger partial charge in [-0.1, -0.05) is 30.3 Å². The van der Waals surface area contributed by atoms with Gasteiger partial charge in [0.2, 0.25) is 10.0 Å². The van der Waals surface area contributed by atoms with E-state index in [0.717, 1.165) is 11.1 Å². The number of benzene rings is 2. The quantitative estimate of drug-likeness (QED) is 0.442. The van der Waals surface area contributed by atoms with Crippen LogP contribution < -0.4 is 9.46 Å². The molecule has 0 amide bonds. The topological polar surface area (TPSA) is 81.7 Å². The minimum absolute atomic E-state index is 0.146. The van der Waals surface area contributed by atoms with Gasteiger partial charge in [0.05, 0.1) is 19.1 Å². The Morgan fingerprint density at radius 3 is 2.33 bits per heavy atom. The van der Waals surface area contributed by atoms with E-state index in [1.165, 1.54) is 13.2 Å². The average molecular weight is 496 g/mol. The van der Waals surface area contributed by atoms with E-state index in [1.54, 1.807) is 27.0 Å². The van der Waals surface area contributed by atoms with Gasteiger partial charge in [-0.2, -0.15) is 0 Å². The molecule has 0 bridgehead atoms. The summed E-state index contributed by atoms with van der Waals surface area (Å²) in [5.74, 6) is 0.0537. The highest BCUT2D eigenvalue weighted by molar-refractivity contribution is 9.12. The van der Waals surface area contributed by atoms with E-state index in [1.807, 2.05) is 37.3 Å². The van der Waals surface area contributed by atoms with Crippen LogP contribution in [-0.4, -0.2) is 34.6 Å². The maximum Gasteiger partial charge on any atom is 0.344 e. The Kier molecular flexibility index (Phi) is 8.23. The van der Waals surface area contributed by atoms with Crippen molar-refractivity contribution in [1.29, 1.82) is 0 Å². The van der Waals surface area contributed by atoms with Crippen molar-refractivity contribution in [3.8, 4) is 5.75 Å². The van der Waals surface area contributed by atoms with Gasteiger partial charge < -0.3 is 9.47 Å². The smallest absolute Gasteiger partial charge is 0.344 e. The normalized spacial score (nSPS) is 13.1. The number of carbonyl (C=O) groups is 1. The van der Waals surface area contributed by atoms with Crippen molar-refractivity contribution in [2.45, 2.75) is 38.1 Å². The second kappa shape index (κ2) is 10.2. The zero-order valence-corrected chi connectivity index (χ0v) is 20.1. The lowest BCUT2D eigenvalue weighted by atomic mass is 10.1. The van der Waals surface area contributed by atoms with Gasteiger partial charge in [-0.25, -0.2) is 17.9 Å². The van der Waals surface area contributed by atoms with Crippen molar-refractivity contribution in [3.05, 3.63) is 69.2 Å². The summed E-state index contributed by atoms with van der Waals surface area (Å²) in [5.41, 5.74) is 2.88. The Balaban J connectivity index is 2.48. The van der Waals surface area contributed by atoms with Crippen LogP contribution in [-0.2, 0) is 26.0 Å². The van der Waals surface area contributed by atoms with E-state index >= 15 is 0 Å². The summed E-state index contributed by atoms with van der Waals surface area (Å²) >= 11 is 3.18. The van der Waals surface area contributed by atoms with Crippen LogP contribution in [0.1, 0.15) is 22.3 Å². The maximum atomic E-state index is 13.3. The Morgan fingerprint density at radius 2 is 1.77 bits per heavy atom. The lowest BCUT2D eigenvalue weighted by Crippen LogP contribution is -2.36. The standard InChI is InChI=1S/C22H26BrNO5S/c1-14-11-20(28-4)15(2)16(3)21(14)30(26,27)24-18(13-19(23)22(25)29-5)12-17-9-7-6-8-10-17/h6-11,13,18,24H,12H2,1-5H3/b19-13-/t18-/m0/s1. The molecule has 0 aromatic heterocycles. The Morgan fingerprint density at radius 1 is 1.13 bits per heavy atom. The first kappa shape index (κ1) is 24.1. The molecule has 2 rings (SSSR count). The Hall–Kier alpha value is -2.16. The van der Waals surface area contributed by atoms with Gasteiger partial charge in [0, 0.05) is 6.04 Å². The highest BCUT2D eigenvalue weighted by atomic mass is 79.9. The van der Waals surface area contributed by atoms with Gasteiger partial charge in [0.15, 0.2) is 0 Å². The van der Waals surface area contributed by atoms with Crippen LogP contribution in [0.3, 0.4) is 0 Å². The van der Waals surface area contributed by atoms with E-state index in [4.69, 9.17) is 9.47 Å². The molecule has 30 heavy (non-hydrogen) atoms. The van der Waals surface area contributed by atoms with Crippen LogP contribution in [0.4, 0.5) is 0 Å². The van der Waals surface area contributed by atoms with Gasteiger partial charge in [0.25, 0.3) is 0 Å². The number of methoxy groups -OCH3 is 2. The lowest BCUT2D eigenvalue weighted by Gasteiger charge is -2.20. The van der Waals surface area contributed by atoms with E-state index in [-0.39, 0.29) is 9.38 Å². The fourth-order valence-corrected chi connectivity index (χ4v) is 5.44. The third kappa shape index (κ3) is 5.71. The first-order valence-electron chi connectivity index (χ1n) is 9.27. The average Bonchev–Trinajstić information content (AvgIpc) is 2.70. The predicted molar refractivity (Wildman–Crippen MR) is 120 cm³/mol. The summed E-state index contributed by atoms with van der Waals surface area (Å²) in [6.07, 6.45) is 1.87. The molecule has 0 saturated heterocycles. The monoisotopic (exact) mass is 495 g/mol. The summed E-state index contributed by atoms with van der Waals surface area (Å²) < 4.78 is 39.6. The van der Waals surface area contributed by atoms with Crippen molar-refractivity contribution in [2.24, 2.45) is 0 Å². The number of ether oxygens (including phenoxy) is 2. The SMILES string of the molecule is COC(=O)/C(Br)=C/[C@H](Cc1ccccc1)NS(=O)(=O)c1c(C)cc(OC)c(C)c1C. The minimum atomic E-state index is -3.89. The second-order valence-corrected chi connectivity index (χ2v) is 9.40. The van der Waals surface area contributed by atoms with Crippen LogP contribution in [0.2, 0.25) is 0 Å². The molecule has 162 valence electrons. The molecule has 6 nitrogen and oxygen atoms in total. The third-order valence-corrected chi connectivity index (χ3v) is 7.17. The molecule has 8 heteroatoms. The number of halogens is 1. The van der Waals surface area contributed by atoms with Gasteiger partial charge in [0.1, 0.15) is 10.2 Å². The minimum Gasteiger partial charge on any atom is -0.496 e. The molecule has 2 aromatic rings. The molecule has 0 radical (unpaired) electrons. The number of sulfonamides is 1. The van der Waals surface area contributed by atoms with Crippen LogP contribution in [0, 0.1) is 20.8 Å². The molecule has 0 heterocycles. The fraction of sp³-hybridized carbons (Fsp3) is 0.318. The van der Waals surface area contributed by atoms with Crippen LogP contribution in [0.25, 0.3) is 0 Å². The molecule has 0 aliphatic heterocycles. The molecule has 1 atom stereocenters. The van der Waals surface area contributed by atoms with Crippen molar-refractivity contribution >= 4 is 31.9 Å². The van der Waals surface area contributed by atoms with E-state index in [9.17, 15) is 13.2 Å². The fourth-order valence-electron chi connectivity index (χ4n) is 3.25. The highest BCUT2D eigenvalue weighted by Gasteiger charge is 2.26. The molecule has 0 aliphatic rings. The van der Waals surface area contributed by atoms with Crippen molar-refractivity contribution < 1.29 is 22.7 Å². The number of carbonyl (C=O) groups excluding carboxylic acids is 1. The van der Waals surface area contributed by atoms with Gasteiger partial charge in [-0.3, -0.25) is 0 Å². The molecule has 0 unspecified atom stereocenters. The summed E-state index contributed by atoms with van der Waals surface area (Å²) in [6, 6.07) is 10.5. The number of esters is 1. The summed E-state index contributed by atoms with van der Waals surface area (Å²) in [6.45, 7) is 5.31. The molecule has 0 spiro atoms. The highest BCUT2D eigenvalue weighted by Crippen LogP contribution is 2.30. The summed E-state index contributed by atoms with van der Waals surface area (Å²) in [7, 11) is -1.07. The van der Waals surface area contributed by atoms with Crippen molar-refractivity contribution in [2.75, 3.05) is 14.2 Å². The Labute approximate surface area is 186 Å². The lowest BCUT2D eigenvalue weighted by molar-refractivity contribution is -0.135. The van der Waals surface area contributed by atoms with E-state index < -0.39 is 22.0 Å². The molecule has 0 fully saturated rings. The largest absolute Gasteiger partial charge is 0.496 e. The maximum absolute atomic E-state index is 13.3. The zero-order chi connectivity index (χ0) is 22.5. The predicted octanol–water partition coefficient (Wildman–Crippen LogP) is 3.96. The zero-order valence-electron chi connectivity index (χ0n) is 17.7. The second-order valence-electron chi connectivity index (χ2n) is 6.90. The number of nitrogens with one attached hydrogen (secondary N) is 1. The summed E-state index contributed by atoms with van der Waals surface area (Å²) in [4.78, 5) is 12.0. The molecule has 0 saturated carbocycles. The van der Waals surface area contributed by atoms with Crippen LogP contribution in [0.5, 0.6) is 5.75 Å². The molecule has 1 N–H and O–H groups in total. The number of hydrogen-bond acceptors (Lipinski definition) is 5. The van der Waals surface area contributed by atoms with Gasteiger partial charge >= 0.3 is 5.97 Å². The third-order valence-electron chi connectivity index (χ3n) is 4.80. The van der Waals surface area contributed by atoms with E-state index in [0.29, 0.717) is 23.3 Å². The number of aryl methyl sites for hydroxylation is 1. The molecule has 2 aromatic carbocycles. The van der Waals surface area contributed by atoms with Gasteiger partial charge in [-0.05, 0) is 77.5 Å². The van der Waals surface area contributed by atoms with Crippen LogP contribution in [0.15, 0.2) is 51.9 Å². The number of hydrogen-bond donors (Lipinski definition) is 1. The van der Waals surface area contributed by atoms with Crippen molar-refractivity contribution in [1.82, 2.24) is 4.72 Å². The molecular formula is C22H26BrNO5S. The first-order chi connectivity index (χ1) is 14.1. The van der Waals surface area contributed by atoms with Crippen LogP contribution >= 0.6 is 15.9 Å². The Bertz CT molecular complexity index is 1050. The molecule has 0 aliphatic carbocycles. The van der Waals surface area contributed by atoms with E-state index in [2.05, 4.69) is 20.7 Å². The number of rotatable bonds is 8. The summed E-state index contributed by atoms with van der Waals surface area (Å²) in [5, 5.41) is 0. The van der Waals surface area contributed by atoms with Gasteiger partial charge in [-0.15, -0.1) is 0 Å². The first-order valence-corrected chi connectivity index (χ1v) is 11.5.